The van der Waals surface area contributed by atoms with Gasteiger partial charge in [0.05, 0.1) is 5.69 Å². The van der Waals surface area contributed by atoms with Crippen molar-refractivity contribution in [1.82, 2.24) is 9.97 Å². The van der Waals surface area contributed by atoms with Crippen LogP contribution in [0.1, 0.15) is 16.8 Å². The van der Waals surface area contributed by atoms with Gasteiger partial charge < -0.3 is 11.5 Å². The van der Waals surface area contributed by atoms with Crippen LogP contribution in [0, 0.1) is 12.3 Å². The number of nitrogens with two attached hydrogens (primary N) is 2. The Labute approximate surface area is 108 Å². The summed E-state index contributed by atoms with van der Waals surface area (Å²) in [5.41, 5.74) is 13.3. The fourth-order valence-corrected chi connectivity index (χ4v) is 2.07. The maximum atomic E-state index is 7.48. The zero-order valence-electron chi connectivity index (χ0n) is 9.71. The van der Waals surface area contributed by atoms with Gasteiger partial charge in [-0.2, -0.15) is 0 Å². The molecular formula is C11H12N6S. The Morgan fingerprint density at radius 3 is 2.78 bits per heavy atom. The van der Waals surface area contributed by atoms with Crippen molar-refractivity contribution >= 4 is 28.1 Å². The number of aliphatic imine (C=N–C) groups is 1. The minimum Gasteiger partial charge on any atom is -0.384 e. The van der Waals surface area contributed by atoms with Crippen LogP contribution in [0.25, 0.3) is 0 Å². The van der Waals surface area contributed by atoms with Crippen molar-refractivity contribution in [2.24, 2.45) is 16.5 Å². The molecule has 6 nitrogen and oxygen atoms in total. The Morgan fingerprint density at radius 2 is 2.17 bits per heavy atom. The lowest BCUT2D eigenvalue weighted by molar-refractivity contribution is 1.23. The maximum Gasteiger partial charge on any atom is 0.211 e. The molecule has 0 saturated carbocycles. The first-order valence-corrected chi connectivity index (χ1v) is 6.01. The van der Waals surface area contributed by atoms with E-state index in [0.717, 1.165) is 5.69 Å². The van der Waals surface area contributed by atoms with Gasteiger partial charge >= 0.3 is 0 Å². The highest BCUT2D eigenvalue weighted by Crippen LogP contribution is 2.19. The lowest BCUT2D eigenvalue weighted by Crippen LogP contribution is -2.21. The number of amidine groups is 2. The van der Waals surface area contributed by atoms with E-state index in [1.54, 1.807) is 12.3 Å². The van der Waals surface area contributed by atoms with Crippen LogP contribution in [0.4, 0.5) is 5.13 Å². The molecule has 18 heavy (non-hydrogen) atoms. The van der Waals surface area contributed by atoms with E-state index in [2.05, 4.69) is 15.0 Å². The Balaban J connectivity index is 2.42. The first-order valence-electron chi connectivity index (χ1n) is 5.13. The average Bonchev–Trinajstić information content (AvgIpc) is 2.74. The number of hydrogen-bond acceptors (Lipinski definition) is 5. The molecule has 2 rings (SSSR count). The second-order valence-corrected chi connectivity index (χ2v) is 4.44. The highest BCUT2D eigenvalue weighted by atomic mass is 32.1. The van der Waals surface area contributed by atoms with Crippen molar-refractivity contribution < 1.29 is 0 Å². The van der Waals surface area contributed by atoms with E-state index < -0.39 is 0 Å². The number of pyridine rings is 1. The molecule has 7 heteroatoms. The topological polar surface area (TPSA) is 114 Å². The van der Waals surface area contributed by atoms with E-state index in [9.17, 15) is 0 Å². The van der Waals surface area contributed by atoms with Crippen molar-refractivity contribution in [1.29, 1.82) is 5.41 Å². The largest absolute Gasteiger partial charge is 0.384 e. The van der Waals surface area contributed by atoms with Crippen molar-refractivity contribution in [2.45, 2.75) is 6.92 Å². The molecule has 0 aliphatic rings. The second kappa shape index (κ2) is 4.92. The van der Waals surface area contributed by atoms with E-state index in [-0.39, 0.29) is 11.7 Å². The molecule has 2 aromatic rings. The molecule has 0 fully saturated rings. The van der Waals surface area contributed by atoms with Crippen molar-refractivity contribution in [3.8, 4) is 0 Å². The molecule has 5 N–H and O–H groups in total. The fourth-order valence-electron chi connectivity index (χ4n) is 1.39. The van der Waals surface area contributed by atoms with Gasteiger partial charge in [-0.05, 0) is 13.0 Å². The first kappa shape index (κ1) is 12.2. The number of rotatable bonds is 3. The second-order valence-electron chi connectivity index (χ2n) is 3.60. The number of hydrogen-bond donors (Lipinski definition) is 3. The molecule has 0 aromatic carbocycles. The van der Waals surface area contributed by atoms with Crippen LogP contribution >= 0.6 is 11.3 Å². The number of aryl methyl sites for hydroxylation is 1. The zero-order valence-corrected chi connectivity index (χ0v) is 10.5. The fraction of sp³-hybridized carbons (Fsp3) is 0.0909. The first-order chi connectivity index (χ1) is 8.58. The van der Waals surface area contributed by atoms with Crippen molar-refractivity contribution in [3.63, 3.8) is 0 Å². The Bertz CT molecular complexity index is 616. The summed E-state index contributed by atoms with van der Waals surface area (Å²) in [4.78, 5) is 12.4. The molecule has 2 aromatic heterocycles. The van der Waals surface area contributed by atoms with Crippen LogP contribution in [0.2, 0.25) is 0 Å². The van der Waals surface area contributed by atoms with Gasteiger partial charge in [-0.25, -0.2) is 9.98 Å². The molecule has 0 bridgehead atoms. The number of nitrogen functional groups attached to an aromatic ring is 1. The monoisotopic (exact) mass is 260 g/mol. The SMILES string of the molecule is Cc1csc(/N=C(\N)c2cnccc2C(=N)N)n1. The molecule has 0 amide bonds. The summed E-state index contributed by atoms with van der Waals surface area (Å²) in [7, 11) is 0. The quantitative estimate of drug-likeness (QED) is 0.567. The lowest BCUT2D eigenvalue weighted by Gasteiger charge is -2.05. The third-order valence-corrected chi connectivity index (χ3v) is 3.06. The van der Waals surface area contributed by atoms with Crippen LogP contribution < -0.4 is 11.5 Å². The summed E-state index contributed by atoms with van der Waals surface area (Å²) in [5, 5.41) is 9.94. The zero-order chi connectivity index (χ0) is 13.1. The number of thiazole rings is 1. The number of nitrogens with one attached hydrogen (secondary N) is 1. The Morgan fingerprint density at radius 1 is 1.39 bits per heavy atom. The molecule has 0 radical (unpaired) electrons. The molecule has 0 atom stereocenters. The van der Waals surface area contributed by atoms with Gasteiger partial charge in [0.15, 0.2) is 0 Å². The predicted molar refractivity (Wildman–Crippen MR) is 72.5 cm³/mol. The Kier molecular flexibility index (Phi) is 3.33. The summed E-state index contributed by atoms with van der Waals surface area (Å²) in [6.45, 7) is 1.89. The standard InChI is InChI=1S/C11H12N6S/c1-6-5-18-11(16-6)17-10(14)8-4-15-3-2-7(8)9(12)13/h2-5H,1H3,(H3,12,13)(H2,14,16,17). The van der Waals surface area contributed by atoms with Crippen LogP contribution in [0.5, 0.6) is 0 Å². The van der Waals surface area contributed by atoms with E-state index in [4.69, 9.17) is 16.9 Å². The van der Waals surface area contributed by atoms with E-state index in [0.29, 0.717) is 16.3 Å². The molecule has 2 heterocycles. The van der Waals surface area contributed by atoms with Gasteiger partial charge in [-0.15, -0.1) is 11.3 Å². The minimum atomic E-state index is -0.0686. The van der Waals surface area contributed by atoms with Crippen LogP contribution in [-0.4, -0.2) is 21.6 Å². The molecule has 92 valence electrons. The highest BCUT2D eigenvalue weighted by molar-refractivity contribution is 7.13. The van der Waals surface area contributed by atoms with Gasteiger partial charge in [0, 0.05) is 28.9 Å². The van der Waals surface area contributed by atoms with Gasteiger partial charge in [-0.1, -0.05) is 0 Å². The van der Waals surface area contributed by atoms with E-state index >= 15 is 0 Å². The third-order valence-electron chi connectivity index (χ3n) is 2.21. The number of aromatic nitrogens is 2. The van der Waals surface area contributed by atoms with Gasteiger partial charge in [-0.3, -0.25) is 10.4 Å². The summed E-state index contributed by atoms with van der Waals surface area (Å²) in [6.07, 6.45) is 3.09. The lowest BCUT2D eigenvalue weighted by atomic mass is 10.1. The maximum absolute atomic E-state index is 7.48. The third kappa shape index (κ3) is 2.51. The average molecular weight is 260 g/mol. The summed E-state index contributed by atoms with van der Waals surface area (Å²) in [6, 6.07) is 1.63. The van der Waals surface area contributed by atoms with E-state index in [1.165, 1.54) is 17.5 Å². The van der Waals surface area contributed by atoms with E-state index in [1.807, 2.05) is 12.3 Å². The molecule has 0 saturated heterocycles. The molecule has 0 spiro atoms. The molecular weight excluding hydrogens is 248 g/mol. The van der Waals surface area contributed by atoms with Crippen LogP contribution in [0.15, 0.2) is 28.8 Å². The molecule has 0 aliphatic carbocycles. The van der Waals surface area contributed by atoms with Gasteiger partial charge in [0.25, 0.3) is 0 Å². The summed E-state index contributed by atoms with van der Waals surface area (Å²) >= 11 is 1.40. The predicted octanol–water partition coefficient (Wildman–Crippen LogP) is 1.17. The molecule has 0 aliphatic heterocycles. The molecule has 0 unspecified atom stereocenters. The van der Waals surface area contributed by atoms with Crippen LogP contribution in [0.3, 0.4) is 0 Å². The smallest absolute Gasteiger partial charge is 0.211 e. The Hall–Kier alpha value is -2.28. The van der Waals surface area contributed by atoms with Gasteiger partial charge in [0.1, 0.15) is 11.7 Å². The van der Waals surface area contributed by atoms with Crippen molar-refractivity contribution in [2.75, 3.05) is 0 Å². The van der Waals surface area contributed by atoms with Crippen molar-refractivity contribution in [3.05, 3.63) is 40.7 Å². The van der Waals surface area contributed by atoms with Gasteiger partial charge in [0.2, 0.25) is 5.13 Å². The van der Waals surface area contributed by atoms with Crippen LogP contribution in [-0.2, 0) is 0 Å². The highest BCUT2D eigenvalue weighted by Gasteiger charge is 2.09. The normalized spacial score (nSPS) is 11.5. The summed E-state index contributed by atoms with van der Waals surface area (Å²) in [5.74, 6) is 0.184. The summed E-state index contributed by atoms with van der Waals surface area (Å²) < 4.78 is 0. The number of nitrogens with zero attached hydrogens (tertiary/aromatic N) is 3. The minimum absolute atomic E-state index is 0.0686.